The van der Waals surface area contributed by atoms with Crippen LogP contribution >= 0.6 is 7.87 Å². The van der Waals surface area contributed by atoms with E-state index in [0.29, 0.717) is 29.8 Å². The van der Waals surface area contributed by atoms with Crippen molar-refractivity contribution in [2.45, 2.75) is 79.4 Å². The van der Waals surface area contributed by atoms with Crippen molar-refractivity contribution in [3.8, 4) is 0 Å². The van der Waals surface area contributed by atoms with E-state index >= 15 is 0 Å². The van der Waals surface area contributed by atoms with Gasteiger partial charge >= 0.3 is 0 Å². The molecular weight excluding hydrogens is 293 g/mol. The molecule has 1 aliphatic heterocycles. The Bertz CT molecular complexity index is 385. The Balaban J connectivity index is 2.33. The fraction of sp³-hybridized carbons (Fsp3) is 1.00. The summed E-state index contributed by atoms with van der Waals surface area (Å²) in [6, 6.07) is 0. The van der Waals surface area contributed by atoms with Gasteiger partial charge in [-0.2, -0.15) is 4.67 Å². The van der Waals surface area contributed by atoms with Crippen molar-refractivity contribution < 1.29 is 9.42 Å². The van der Waals surface area contributed by atoms with Gasteiger partial charge in [-0.15, -0.1) is 0 Å². The van der Waals surface area contributed by atoms with E-state index in [0.717, 1.165) is 13.0 Å². The Morgan fingerprint density at radius 3 is 2.36 bits per heavy atom. The standard InChI is InChI=1S/C18H36NO2P/c1-13(2)11-19-18(6,7)16-9-8-15(5)10-17(16)21-22(19,20)12-14(3)4/h13-17H,8-12H2,1-7H3/t15-,16-,17-,22?/m1/s1. The van der Waals surface area contributed by atoms with Gasteiger partial charge in [0.05, 0.1) is 11.7 Å². The molecule has 0 aromatic heterocycles. The first kappa shape index (κ1) is 18.6. The Morgan fingerprint density at radius 1 is 1.18 bits per heavy atom. The molecule has 1 heterocycles. The van der Waals surface area contributed by atoms with E-state index in [1.807, 2.05) is 0 Å². The highest BCUT2D eigenvalue weighted by molar-refractivity contribution is 7.61. The highest BCUT2D eigenvalue weighted by atomic mass is 31.2. The smallest absolute Gasteiger partial charge is 0.174 e. The lowest BCUT2D eigenvalue weighted by Gasteiger charge is -2.59. The predicted octanol–water partition coefficient (Wildman–Crippen LogP) is 4.34. The number of rotatable bonds is 4. The number of nitrogens with zero attached hydrogens (tertiary/aromatic N) is 1. The van der Waals surface area contributed by atoms with Gasteiger partial charge in [-0.25, -0.2) is 4.52 Å². The fourth-order valence-corrected chi connectivity index (χ4v) is 7.90. The molecule has 2 fully saturated rings. The summed E-state index contributed by atoms with van der Waals surface area (Å²) in [5, 5.41) is 0. The van der Waals surface area contributed by atoms with E-state index in [1.165, 1.54) is 12.8 Å². The molecule has 4 heteroatoms. The molecule has 1 aliphatic carbocycles. The van der Waals surface area contributed by atoms with Crippen LogP contribution in [0, 0.1) is 23.7 Å². The maximum absolute atomic E-state index is 13.8. The molecule has 22 heavy (non-hydrogen) atoms. The highest BCUT2D eigenvalue weighted by Crippen LogP contribution is 2.67. The summed E-state index contributed by atoms with van der Waals surface area (Å²) in [6.45, 7) is 16.5. The number of hydrogen-bond donors (Lipinski definition) is 0. The van der Waals surface area contributed by atoms with Gasteiger partial charge in [0.15, 0.2) is 7.87 Å². The van der Waals surface area contributed by atoms with Crippen LogP contribution in [0.3, 0.4) is 0 Å². The van der Waals surface area contributed by atoms with E-state index in [1.54, 1.807) is 0 Å². The lowest BCUT2D eigenvalue weighted by Crippen LogP contribution is -2.62. The molecule has 1 saturated heterocycles. The Labute approximate surface area is 138 Å². The van der Waals surface area contributed by atoms with Crippen LogP contribution in [0.1, 0.15) is 67.7 Å². The van der Waals surface area contributed by atoms with E-state index in [4.69, 9.17) is 4.52 Å². The summed E-state index contributed by atoms with van der Waals surface area (Å²) in [7, 11) is -2.74. The van der Waals surface area contributed by atoms with E-state index in [-0.39, 0.29) is 11.6 Å². The second-order valence-corrected chi connectivity index (χ2v) is 11.3. The average molecular weight is 329 g/mol. The zero-order valence-electron chi connectivity index (χ0n) is 15.6. The van der Waals surface area contributed by atoms with Crippen molar-refractivity contribution in [2.75, 3.05) is 12.7 Å². The number of hydrogen-bond acceptors (Lipinski definition) is 3. The molecule has 1 saturated carbocycles. The summed E-state index contributed by atoms with van der Waals surface area (Å²) in [6.07, 6.45) is 4.42. The highest BCUT2D eigenvalue weighted by Gasteiger charge is 2.58. The van der Waals surface area contributed by atoms with Gasteiger partial charge in [0.25, 0.3) is 0 Å². The van der Waals surface area contributed by atoms with E-state index in [9.17, 15) is 4.89 Å². The van der Waals surface area contributed by atoms with Crippen molar-refractivity contribution in [2.24, 2.45) is 23.7 Å². The van der Waals surface area contributed by atoms with Crippen LogP contribution in [0.15, 0.2) is 0 Å². The minimum atomic E-state index is -2.74. The monoisotopic (exact) mass is 329 g/mol. The minimum absolute atomic E-state index is 0.0300. The Hall–Kier alpha value is 0.310. The molecule has 0 spiro atoms. The first-order valence-corrected chi connectivity index (χ1v) is 10.9. The SMILES string of the molecule is CC(C)CN1C(C)(C)[C@@H]2CC[C@@H](C)C[C@H]2O[P+]1([O-])CC(C)C. The van der Waals surface area contributed by atoms with Crippen LogP contribution < -0.4 is 4.89 Å². The first-order chi connectivity index (χ1) is 10.1. The van der Waals surface area contributed by atoms with Gasteiger partial charge in [-0.05, 0) is 44.4 Å². The summed E-state index contributed by atoms with van der Waals surface area (Å²) in [4.78, 5) is 13.8. The van der Waals surface area contributed by atoms with E-state index in [2.05, 4.69) is 53.1 Å². The van der Waals surface area contributed by atoms with Gasteiger partial charge in [0.2, 0.25) is 0 Å². The second-order valence-electron chi connectivity index (χ2n) is 9.01. The quantitative estimate of drug-likeness (QED) is 0.720. The third-order valence-electron chi connectivity index (χ3n) is 5.43. The van der Waals surface area contributed by atoms with Gasteiger partial charge in [0, 0.05) is 12.5 Å². The lowest BCUT2D eigenvalue weighted by atomic mass is 9.71. The molecular formula is C18H36NO2P. The molecule has 130 valence electrons. The molecule has 0 amide bonds. The zero-order valence-corrected chi connectivity index (χ0v) is 16.5. The topological polar surface area (TPSA) is 35.5 Å². The van der Waals surface area contributed by atoms with Crippen molar-refractivity contribution in [1.82, 2.24) is 4.67 Å². The van der Waals surface area contributed by atoms with Crippen molar-refractivity contribution in [3.63, 3.8) is 0 Å². The summed E-state index contributed by atoms with van der Waals surface area (Å²) >= 11 is 0. The molecule has 3 nitrogen and oxygen atoms in total. The third kappa shape index (κ3) is 3.69. The Morgan fingerprint density at radius 2 is 1.82 bits per heavy atom. The van der Waals surface area contributed by atoms with Gasteiger partial charge in [0.1, 0.15) is 6.10 Å². The molecule has 0 bridgehead atoms. The van der Waals surface area contributed by atoms with Crippen LogP contribution in [0.4, 0.5) is 0 Å². The van der Waals surface area contributed by atoms with Crippen LogP contribution in [-0.2, 0) is 4.52 Å². The van der Waals surface area contributed by atoms with E-state index < -0.39 is 7.87 Å². The largest absolute Gasteiger partial charge is 0.641 e. The number of fused-ring (bicyclic) bond motifs is 1. The van der Waals surface area contributed by atoms with Gasteiger partial charge in [-0.1, -0.05) is 41.0 Å². The molecule has 0 radical (unpaired) electrons. The minimum Gasteiger partial charge on any atom is -0.641 e. The normalized spacial score (nSPS) is 39.3. The van der Waals surface area contributed by atoms with Gasteiger partial charge < -0.3 is 4.89 Å². The fourth-order valence-electron chi connectivity index (χ4n) is 4.41. The van der Waals surface area contributed by atoms with Crippen LogP contribution in [0.25, 0.3) is 0 Å². The van der Waals surface area contributed by atoms with Crippen molar-refractivity contribution >= 4 is 7.87 Å². The van der Waals surface area contributed by atoms with Crippen LogP contribution in [-0.4, -0.2) is 29.0 Å². The van der Waals surface area contributed by atoms with Gasteiger partial charge in [-0.3, -0.25) is 0 Å². The van der Waals surface area contributed by atoms with Crippen LogP contribution in [0.5, 0.6) is 0 Å². The summed E-state index contributed by atoms with van der Waals surface area (Å²) in [5.74, 6) is 2.11. The maximum Gasteiger partial charge on any atom is 0.174 e. The third-order valence-corrected chi connectivity index (χ3v) is 8.63. The molecule has 0 aromatic rings. The molecule has 0 N–H and O–H groups in total. The molecule has 0 aromatic carbocycles. The molecule has 2 aliphatic rings. The predicted molar refractivity (Wildman–Crippen MR) is 93.6 cm³/mol. The molecule has 2 rings (SSSR count). The molecule has 1 unspecified atom stereocenters. The van der Waals surface area contributed by atoms with Crippen LogP contribution in [0.2, 0.25) is 0 Å². The average Bonchev–Trinajstić information content (AvgIpc) is 2.32. The second kappa shape index (κ2) is 6.67. The molecule has 4 atom stereocenters. The first-order valence-electron chi connectivity index (χ1n) is 9.12. The van der Waals surface area contributed by atoms with Crippen molar-refractivity contribution in [3.05, 3.63) is 0 Å². The maximum atomic E-state index is 13.8. The van der Waals surface area contributed by atoms with Crippen molar-refractivity contribution in [1.29, 1.82) is 0 Å². The Kier molecular flexibility index (Phi) is 5.65. The summed E-state index contributed by atoms with van der Waals surface area (Å²) in [5.41, 5.74) is -0.0300. The summed E-state index contributed by atoms with van der Waals surface area (Å²) < 4.78 is 8.66. The lowest BCUT2D eigenvalue weighted by molar-refractivity contribution is -0.236. The zero-order chi connectivity index (χ0) is 16.7.